The molecule has 6 nitrogen and oxygen atoms in total. The Morgan fingerprint density at radius 3 is 2.81 bits per heavy atom. The van der Waals surface area contributed by atoms with E-state index in [0.29, 0.717) is 17.2 Å². The van der Waals surface area contributed by atoms with E-state index in [1.807, 2.05) is 32.0 Å². The summed E-state index contributed by atoms with van der Waals surface area (Å²) in [5.74, 6) is 2.29. The van der Waals surface area contributed by atoms with Crippen molar-refractivity contribution in [3.63, 3.8) is 0 Å². The molecule has 0 unspecified atom stereocenters. The summed E-state index contributed by atoms with van der Waals surface area (Å²) in [5, 5.41) is 11.5. The number of ether oxygens (including phenoxy) is 1. The van der Waals surface area contributed by atoms with Crippen molar-refractivity contribution in [1.82, 2.24) is 15.5 Å². The Labute approximate surface area is 164 Å². The summed E-state index contributed by atoms with van der Waals surface area (Å²) in [5.41, 5.74) is 2.19. The summed E-state index contributed by atoms with van der Waals surface area (Å²) in [6.45, 7) is 6.50. The molecular weight excluding hydrogens is 362 g/mol. The molecule has 3 rings (SSSR count). The fraction of sp³-hybridized carbons (Fsp3) is 0.550. The lowest BCUT2D eigenvalue weighted by atomic mass is 9.87. The van der Waals surface area contributed by atoms with Crippen molar-refractivity contribution in [3.8, 4) is 5.75 Å². The van der Waals surface area contributed by atoms with E-state index in [1.54, 1.807) is 0 Å². The van der Waals surface area contributed by atoms with Gasteiger partial charge in [-0.05, 0) is 62.6 Å². The van der Waals surface area contributed by atoms with Crippen LogP contribution in [-0.2, 0) is 11.4 Å². The van der Waals surface area contributed by atoms with Gasteiger partial charge < -0.3 is 14.5 Å². The third kappa shape index (κ3) is 5.99. The Hall–Kier alpha value is -2.02. The molecule has 27 heavy (non-hydrogen) atoms. The van der Waals surface area contributed by atoms with E-state index in [9.17, 15) is 4.79 Å². The topological polar surface area (TPSA) is 77.2 Å². The lowest BCUT2D eigenvalue weighted by Gasteiger charge is -2.26. The zero-order valence-corrected chi connectivity index (χ0v) is 17.0. The van der Waals surface area contributed by atoms with Crippen LogP contribution in [0.1, 0.15) is 49.6 Å². The van der Waals surface area contributed by atoms with E-state index in [4.69, 9.17) is 9.15 Å². The highest BCUT2D eigenvalue weighted by Crippen LogP contribution is 2.24. The molecule has 1 aromatic heterocycles. The standard InChI is InChI=1S/C20H27N3O3S/c1-13-5-8-16(9-6-13)21-18(24)12-27-20-23-22-19(26-20)11-25-17-10-14(2)4-7-15(17)3/h4,7,10,13,16H,5-6,8-9,11-12H2,1-3H3,(H,21,24). The second kappa shape index (κ2) is 9.26. The first-order chi connectivity index (χ1) is 13.0. The minimum Gasteiger partial charge on any atom is -0.484 e. The van der Waals surface area contributed by atoms with Gasteiger partial charge in [0.05, 0.1) is 5.75 Å². The van der Waals surface area contributed by atoms with E-state index >= 15 is 0 Å². The number of aromatic nitrogens is 2. The van der Waals surface area contributed by atoms with Gasteiger partial charge in [0.15, 0.2) is 6.61 Å². The quantitative estimate of drug-likeness (QED) is 0.720. The van der Waals surface area contributed by atoms with Crippen LogP contribution < -0.4 is 10.1 Å². The third-order valence-corrected chi connectivity index (χ3v) is 5.67. The smallest absolute Gasteiger partial charge is 0.277 e. The highest BCUT2D eigenvalue weighted by Gasteiger charge is 2.20. The SMILES string of the molecule is Cc1ccc(C)c(OCc2nnc(SCC(=O)NC3CCC(C)CC3)o2)c1. The largest absolute Gasteiger partial charge is 0.484 e. The van der Waals surface area contributed by atoms with Gasteiger partial charge in [0, 0.05) is 6.04 Å². The number of rotatable bonds is 7. The average molecular weight is 390 g/mol. The number of hydrogen-bond donors (Lipinski definition) is 1. The first-order valence-corrected chi connectivity index (χ1v) is 10.4. The summed E-state index contributed by atoms with van der Waals surface area (Å²) < 4.78 is 11.3. The Morgan fingerprint density at radius 1 is 1.26 bits per heavy atom. The van der Waals surface area contributed by atoms with Crippen molar-refractivity contribution in [2.24, 2.45) is 5.92 Å². The molecule has 0 aliphatic heterocycles. The number of nitrogens with one attached hydrogen (secondary N) is 1. The summed E-state index contributed by atoms with van der Waals surface area (Å²) >= 11 is 1.26. The van der Waals surface area contributed by atoms with Crippen molar-refractivity contribution in [2.45, 2.75) is 64.3 Å². The zero-order valence-electron chi connectivity index (χ0n) is 16.2. The highest BCUT2D eigenvalue weighted by atomic mass is 32.2. The van der Waals surface area contributed by atoms with Gasteiger partial charge in [-0.25, -0.2) is 0 Å². The summed E-state index contributed by atoms with van der Waals surface area (Å²) in [6, 6.07) is 6.35. The van der Waals surface area contributed by atoms with Crippen LogP contribution in [0.5, 0.6) is 5.75 Å². The fourth-order valence-electron chi connectivity index (χ4n) is 3.16. The highest BCUT2D eigenvalue weighted by molar-refractivity contribution is 7.99. The lowest BCUT2D eigenvalue weighted by molar-refractivity contribution is -0.119. The van der Waals surface area contributed by atoms with Gasteiger partial charge in [0.25, 0.3) is 11.1 Å². The first-order valence-electron chi connectivity index (χ1n) is 9.44. The Morgan fingerprint density at radius 2 is 2.04 bits per heavy atom. The summed E-state index contributed by atoms with van der Waals surface area (Å²) in [7, 11) is 0. The number of carbonyl (C=O) groups excluding carboxylic acids is 1. The van der Waals surface area contributed by atoms with E-state index in [0.717, 1.165) is 35.6 Å². The predicted molar refractivity (Wildman–Crippen MR) is 105 cm³/mol. The van der Waals surface area contributed by atoms with Crippen LogP contribution in [0, 0.1) is 19.8 Å². The van der Waals surface area contributed by atoms with Gasteiger partial charge in [0.2, 0.25) is 5.91 Å². The number of benzene rings is 1. The van der Waals surface area contributed by atoms with E-state index in [2.05, 4.69) is 22.4 Å². The molecule has 1 N–H and O–H groups in total. The molecule has 1 saturated carbocycles. The lowest BCUT2D eigenvalue weighted by Crippen LogP contribution is -2.38. The second-order valence-electron chi connectivity index (χ2n) is 7.33. The monoisotopic (exact) mass is 389 g/mol. The maximum Gasteiger partial charge on any atom is 0.277 e. The van der Waals surface area contributed by atoms with Crippen molar-refractivity contribution < 1.29 is 13.9 Å². The van der Waals surface area contributed by atoms with Gasteiger partial charge in [-0.2, -0.15) is 0 Å². The van der Waals surface area contributed by atoms with Crippen LogP contribution in [0.25, 0.3) is 0 Å². The van der Waals surface area contributed by atoms with Crippen LogP contribution in [0.2, 0.25) is 0 Å². The molecule has 146 valence electrons. The molecule has 0 atom stereocenters. The number of amides is 1. The maximum absolute atomic E-state index is 12.1. The minimum atomic E-state index is 0.0194. The number of carbonyl (C=O) groups is 1. The molecule has 0 bridgehead atoms. The first kappa shape index (κ1) is 19.7. The molecule has 1 heterocycles. The van der Waals surface area contributed by atoms with Gasteiger partial charge in [-0.15, -0.1) is 10.2 Å². The van der Waals surface area contributed by atoms with Gasteiger partial charge in [0.1, 0.15) is 5.75 Å². The van der Waals surface area contributed by atoms with E-state index in [1.165, 1.54) is 24.6 Å². The molecule has 1 aromatic carbocycles. The molecule has 1 fully saturated rings. The minimum absolute atomic E-state index is 0.0194. The average Bonchev–Trinajstić information content (AvgIpc) is 3.11. The van der Waals surface area contributed by atoms with Gasteiger partial charge in [-0.3, -0.25) is 4.79 Å². The second-order valence-corrected chi connectivity index (χ2v) is 8.26. The molecular formula is C20H27N3O3S. The molecule has 1 amide bonds. The van der Waals surface area contributed by atoms with Crippen LogP contribution in [-0.4, -0.2) is 27.9 Å². The van der Waals surface area contributed by atoms with Crippen molar-refractivity contribution in [3.05, 3.63) is 35.2 Å². The normalized spacial score (nSPS) is 19.7. The van der Waals surface area contributed by atoms with Crippen LogP contribution in [0.15, 0.2) is 27.8 Å². The van der Waals surface area contributed by atoms with Crippen LogP contribution in [0.3, 0.4) is 0 Å². The van der Waals surface area contributed by atoms with E-state index < -0.39 is 0 Å². The maximum atomic E-state index is 12.1. The number of hydrogen-bond acceptors (Lipinski definition) is 6. The molecule has 1 aliphatic carbocycles. The fourth-order valence-corrected chi connectivity index (χ4v) is 3.75. The number of aryl methyl sites for hydroxylation is 2. The van der Waals surface area contributed by atoms with Gasteiger partial charge in [-0.1, -0.05) is 30.8 Å². The Kier molecular flexibility index (Phi) is 6.77. The number of nitrogens with zero attached hydrogens (tertiary/aromatic N) is 2. The Bertz CT molecular complexity index is 770. The van der Waals surface area contributed by atoms with Crippen molar-refractivity contribution in [1.29, 1.82) is 0 Å². The van der Waals surface area contributed by atoms with Crippen molar-refractivity contribution in [2.75, 3.05) is 5.75 Å². The van der Waals surface area contributed by atoms with Crippen LogP contribution in [0.4, 0.5) is 0 Å². The predicted octanol–water partition coefficient (Wildman–Crippen LogP) is 4.05. The third-order valence-electron chi connectivity index (χ3n) is 4.85. The molecule has 0 spiro atoms. The summed E-state index contributed by atoms with van der Waals surface area (Å²) in [6.07, 6.45) is 4.51. The molecule has 0 radical (unpaired) electrons. The van der Waals surface area contributed by atoms with Crippen LogP contribution >= 0.6 is 11.8 Å². The van der Waals surface area contributed by atoms with Crippen molar-refractivity contribution >= 4 is 17.7 Å². The molecule has 7 heteroatoms. The molecule has 2 aromatic rings. The van der Waals surface area contributed by atoms with Gasteiger partial charge >= 0.3 is 0 Å². The summed E-state index contributed by atoms with van der Waals surface area (Å²) in [4.78, 5) is 12.1. The Balaban J connectivity index is 1.42. The van der Waals surface area contributed by atoms with E-state index in [-0.39, 0.29) is 18.3 Å². The molecule has 1 aliphatic rings. The zero-order chi connectivity index (χ0) is 19.2. The molecule has 0 saturated heterocycles. The number of thioether (sulfide) groups is 1.